The van der Waals surface area contributed by atoms with Crippen molar-refractivity contribution in [3.63, 3.8) is 0 Å². The van der Waals surface area contributed by atoms with Crippen molar-refractivity contribution in [3.05, 3.63) is 59.2 Å². The molecule has 28 heavy (non-hydrogen) atoms. The first kappa shape index (κ1) is 23.7. The number of carbonyl (C=O) groups is 1. The van der Waals surface area contributed by atoms with Crippen LogP contribution in [0.3, 0.4) is 0 Å². The molecule has 2 rings (SSSR count). The van der Waals surface area contributed by atoms with Gasteiger partial charge in [-0.2, -0.15) is 8.78 Å². The summed E-state index contributed by atoms with van der Waals surface area (Å²) in [6, 6.07) is 11.6. The first-order valence-electron chi connectivity index (χ1n) is 8.58. The number of rotatable bonds is 8. The zero-order chi connectivity index (χ0) is 20.0. The summed E-state index contributed by atoms with van der Waals surface area (Å²) in [4.78, 5) is 12.3. The van der Waals surface area contributed by atoms with Gasteiger partial charge in [0, 0.05) is 18.2 Å². The maximum Gasteiger partial charge on any atom is 0.387 e. The molecule has 8 heteroatoms. The lowest BCUT2D eigenvalue weighted by Crippen LogP contribution is -2.31. The Hall–Kier alpha value is -2.38. The summed E-state index contributed by atoms with van der Waals surface area (Å²) >= 11 is 0. The monoisotopic (exact) mass is 414 g/mol. The van der Waals surface area contributed by atoms with Crippen LogP contribution in [0.1, 0.15) is 47.3 Å². The highest BCUT2D eigenvalue weighted by atomic mass is 35.5. The van der Waals surface area contributed by atoms with Crippen LogP contribution in [-0.2, 0) is 0 Å². The van der Waals surface area contributed by atoms with Crippen molar-refractivity contribution >= 4 is 18.3 Å². The highest BCUT2D eigenvalue weighted by molar-refractivity contribution is 5.94. The van der Waals surface area contributed by atoms with Crippen molar-refractivity contribution in [2.75, 3.05) is 13.7 Å². The Morgan fingerprint density at radius 3 is 2.21 bits per heavy atom. The highest BCUT2D eigenvalue weighted by Gasteiger charge is 2.15. The molecule has 5 nitrogen and oxygen atoms in total. The summed E-state index contributed by atoms with van der Waals surface area (Å²) in [5.74, 6) is -0.0318. The molecule has 0 fully saturated rings. The largest absolute Gasteiger partial charge is 0.493 e. The van der Waals surface area contributed by atoms with E-state index in [1.54, 1.807) is 0 Å². The van der Waals surface area contributed by atoms with E-state index in [1.807, 2.05) is 24.3 Å². The topological polar surface area (TPSA) is 73.6 Å². The van der Waals surface area contributed by atoms with Crippen molar-refractivity contribution in [2.24, 2.45) is 5.73 Å². The van der Waals surface area contributed by atoms with Crippen LogP contribution in [-0.4, -0.2) is 26.2 Å². The second-order valence-corrected chi connectivity index (χ2v) is 6.38. The van der Waals surface area contributed by atoms with Gasteiger partial charge in [0.05, 0.1) is 7.11 Å². The van der Waals surface area contributed by atoms with Gasteiger partial charge in [0.25, 0.3) is 5.91 Å². The van der Waals surface area contributed by atoms with Crippen molar-refractivity contribution < 1.29 is 23.0 Å². The van der Waals surface area contributed by atoms with E-state index in [-0.39, 0.29) is 48.0 Å². The van der Waals surface area contributed by atoms with Crippen LogP contribution < -0.4 is 20.5 Å². The van der Waals surface area contributed by atoms with Crippen LogP contribution in [0.15, 0.2) is 42.5 Å². The fourth-order valence-corrected chi connectivity index (χ4v) is 2.55. The van der Waals surface area contributed by atoms with Crippen molar-refractivity contribution in [2.45, 2.75) is 32.4 Å². The van der Waals surface area contributed by atoms with Gasteiger partial charge >= 0.3 is 6.61 Å². The van der Waals surface area contributed by atoms with E-state index in [1.165, 1.54) is 30.9 Å². The lowest BCUT2D eigenvalue weighted by atomic mass is 9.99. The summed E-state index contributed by atoms with van der Waals surface area (Å²) in [5.41, 5.74) is 8.53. The molecule has 3 N–H and O–H groups in total. The number of amides is 1. The summed E-state index contributed by atoms with van der Waals surface area (Å²) in [6.45, 7) is 1.48. The third-order valence-electron chi connectivity index (χ3n) is 4.16. The molecule has 0 aromatic heterocycles. The molecule has 2 aromatic rings. The molecule has 0 heterocycles. The van der Waals surface area contributed by atoms with E-state index in [4.69, 9.17) is 10.5 Å². The van der Waals surface area contributed by atoms with Gasteiger partial charge in [0.15, 0.2) is 11.5 Å². The van der Waals surface area contributed by atoms with E-state index < -0.39 is 6.61 Å². The van der Waals surface area contributed by atoms with Gasteiger partial charge in [-0.1, -0.05) is 38.1 Å². The number of hydrogen-bond donors (Lipinski definition) is 2. The number of carbonyl (C=O) groups excluding carboxylic acids is 1. The predicted molar refractivity (Wildman–Crippen MR) is 107 cm³/mol. The zero-order valence-electron chi connectivity index (χ0n) is 15.9. The summed E-state index contributed by atoms with van der Waals surface area (Å²) in [6.07, 6.45) is 0. The van der Waals surface area contributed by atoms with Gasteiger partial charge in [-0.3, -0.25) is 4.79 Å². The number of ether oxygens (including phenoxy) is 2. The van der Waals surface area contributed by atoms with Crippen LogP contribution in [0.5, 0.6) is 11.5 Å². The van der Waals surface area contributed by atoms with E-state index in [9.17, 15) is 13.6 Å². The van der Waals surface area contributed by atoms with Crippen LogP contribution in [0.25, 0.3) is 0 Å². The Balaban J connectivity index is 0.00000392. The Morgan fingerprint density at radius 1 is 1.07 bits per heavy atom. The summed E-state index contributed by atoms with van der Waals surface area (Å²) < 4.78 is 34.1. The lowest BCUT2D eigenvalue weighted by molar-refractivity contribution is -0.0512. The Bertz CT molecular complexity index is 771. The molecule has 0 spiro atoms. The molecule has 0 aliphatic rings. The molecular formula is C20H25ClF2N2O3. The number of methoxy groups -OCH3 is 1. The van der Waals surface area contributed by atoms with Gasteiger partial charge in [0.1, 0.15) is 0 Å². The minimum atomic E-state index is -2.97. The molecule has 1 atom stereocenters. The fourth-order valence-electron chi connectivity index (χ4n) is 2.55. The van der Waals surface area contributed by atoms with Gasteiger partial charge in [-0.05, 0) is 35.2 Å². The van der Waals surface area contributed by atoms with E-state index in [0.717, 1.165) is 5.56 Å². The summed E-state index contributed by atoms with van der Waals surface area (Å²) in [5, 5.41) is 2.74. The first-order valence-corrected chi connectivity index (χ1v) is 8.58. The van der Waals surface area contributed by atoms with E-state index in [2.05, 4.69) is 23.9 Å². The smallest absolute Gasteiger partial charge is 0.387 e. The van der Waals surface area contributed by atoms with Gasteiger partial charge in [0.2, 0.25) is 0 Å². The first-order chi connectivity index (χ1) is 12.8. The average Bonchev–Trinajstić information content (AvgIpc) is 2.65. The van der Waals surface area contributed by atoms with Gasteiger partial charge in [-0.25, -0.2) is 0 Å². The molecule has 2 aromatic carbocycles. The molecule has 1 amide bonds. The third-order valence-corrected chi connectivity index (χ3v) is 4.16. The minimum absolute atomic E-state index is 0. The molecule has 0 bridgehead atoms. The van der Waals surface area contributed by atoms with Gasteiger partial charge < -0.3 is 20.5 Å². The average molecular weight is 415 g/mol. The normalized spacial score (nSPS) is 11.7. The predicted octanol–water partition coefficient (Wildman–Crippen LogP) is 4.27. The Kier molecular flexibility index (Phi) is 9.15. The lowest BCUT2D eigenvalue weighted by Gasteiger charge is -2.15. The molecule has 0 saturated heterocycles. The number of halogens is 3. The molecular weight excluding hydrogens is 390 g/mol. The number of hydrogen-bond acceptors (Lipinski definition) is 4. The fraction of sp³-hybridized carbons (Fsp3) is 0.350. The number of nitrogens with two attached hydrogens (primary N) is 1. The summed E-state index contributed by atoms with van der Waals surface area (Å²) in [7, 11) is 1.31. The van der Waals surface area contributed by atoms with Crippen LogP contribution in [0.4, 0.5) is 8.78 Å². The van der Waals surface area contributed by atoms with E-state index in [0.29, 0.717) is 5.92 Å². The van der Waals surface area contributed by atoms with Crippen LogP contribution >= 0.6 is 12.4 Å². The van der Waals surface area contributed by atoms with Crippen LogP contribution in [0, 0.1) is 0 Å². The molecule has 1 unspecified atom stereocenters. The highest BCUT2D eigenvalue weighted by Crippen LogP contribution is 2.29. The van der Waals surface area contributed by atoms with Crippen molar-refractivity contribution in [1.82, 2.24) is 5.32 Å². The quantitative estimate of drug-likeness (QED) is 0.676. The minimum Gasteiger partial charge on any atom is -0.493 e. The number of alkyl halides is 2. The maximum absolute atomic E-state index is 12.4. The molecule has 0 radical (unpaired) electrons. The number of nitrogens with one attached hydrogen (secondary N) is 1. The maximum atomic E-state index is 12.4. The van der Waals surface area contributed by atoms with Gasteiger partial charge in [-0.15, -0.1) is 12.4 Å². The van der Waals surface area contributed by atoms with Crippen LogP contribution in [0.2, 0.25) is 0 Å². The molecule has 154 valence electrons. The number of benzene rings is 2. The van der Waals surface area contributed by atoms with E-state index >= 15 is 0 Å². The molecule has 0 saturated carbocycles. The Labute approximate surface area is 169 Å². The third kappa shape index (κ3) is 6.35. The molecule has 0 aliphatic carbocycles. The molecule has 0 aliphatic heterocycles. The SMILES string of the molecule is COc1cc(C(=O)NCC(N)c2ccc(C(C)C)cc2)ccc1OC(F)F.Cl. The second-order valence-electron chi connectivity index (χ2n) is 6.38. The van der Waals surface area contributed by atoms with Crippen molar-refractivity contribution in [3.8, 4) is 11.5 Å². The standard InChI is InChI=1S/C20H24F2N2O3.ClH/c1-12(2)13-4-6-14(7-5-13)16(23)11-24-19(25)15-8-9-17(27-20(21)22)18(10-15)26-3;/h4-10,12,16,20H,11,23H2,1-3H3,(H,24,25);1H. The Morgan fingerprint density at radius 2 is 1.68 bits per heavy atom. The van der Waals surface area contributed by atoms with Crippen molar-refractivity contribution in [1.29, 1.82) is 0 Å². The second kappa shape index (κ2) is 10.8. The zero-order valence-corrected chi connectivity index (χ0v) is 16.8.